The van der Waals surface area contributed by atoms with Crippen LogP contribution in [0.2, 0.25) is 0 Å². The highest BCUT2D eigenvalue weighted by atomic mass is 14.5. The quantitative estimate of drug-likeness (QED) is 0.564. The van der Waals surface area contributed by atoms with Gasteiger partial charge in [0.1, 0.15) is 0 Å². The van der Waals surface area contributed by atoms with Gasteiger partial charge in [0.2, 0.25) is 0 Å². The van der Waals surface area contributed by atoms with Gasteiger partial charge in [-0.3, -0.25) is 0 Å². The molecule has 0 heterocycles. The maximum atomic E-state index is 5.36. The van der Waals surface area contributed by atoms with Gasteiger partial charge in [-0.1, -0.05) is 43.9 Å². The van der Waals surface area contributed by atoms with E-state index >= 15 is 0 Å². The van der Waals surface area contributed by atoms with Crippen LogP contribution in [-0.2, 0) is 0 Å². The normalized spacial score (nSPS) is 14.2. The Morgan fingerprint density at radius 3 is 1.45 bits per heavy atom. The van der Waals surface area contributed by atoms with Crippen molar-refractivity contribution in [1.82, 2.24) is 0 Å². The molecule has 1 saturated carbocycles. The first-order valence-electron chi connectivity index (χ1n) is 4.20. The summed E-state index contributed by atoms with van der Waals surface area (Å²) in [6.07, 6.45) is 6.00. The summed E-state index contributed by atoms with van der Waals surface area (Å²) in [7, 11) is 0. The van der Waals surface area contributed by atoms with E-state index in [0.717, 1.165) is 5.69 Å². The first kappa shape index (κ1) is 8.12. The van der Waals surface area contributed by atoms with E-state index in [4.69, 9.17) is 5.73 Å². The van der Waals surface area contributed by atoms with Crippen molar-refractivity contribution in [1.29, 1.82) is 0 Å². The molecule has 0 amide bonds. The minimum atomic E-state index is 0.822. The average molecular weight is 149 g/mol. The van der Waals surface area contributed by atoms with Crippen molar-refractivity contribution in [2.24, 2.45) is 0 Å². The minimum Gasteiger partial charge on any atom is -0.399 e. The summed E-state index contributed by atoms with van der Waals surface area (Å²) >= 11 is 0. The second-order valence-corrected chi connectivity index (χ2v) is 2.82. The monoisotopic (exact) mass is 149 g/mol. The van der Waals surface area contributed by atoms with Gasteiger partial charge in [0.05, 0.1) is 0 Å². The summed E-state index contributed by atoms with van der Waals surface area (Å²) in [5.41, 5.74) is 6.18. The standard InChI is InChI=1S/C6H7N.C4H8/c7-6-4-2-1-3-5-6;1-2-4-3-1/h1-5H,7H2;1-4H2. The molecular formula is C10H15N. The molecule has 0 bridgehead atoms. The van der Waals surface area contributed by atoms with Gasteiger partial charge in [-0.25, -0.2) is 0 Å². The molecule has 0 atom stereocenters. The van der Waals surface area contributed by atoms with Crippen molar-refractivity contribution >= 4 is 5.69 Å². The minimum absolute atomic E-state index is 0.822. The number of anilines is 1. The van der Waals surface area contributed by atoms with E-state index in [9.17, 15) is 0 Å². The lowest BCUT2D eigenvalue weighted by Crippen LogP contribution is -1.85. The number of rotatable bonds is 0. The Bertz CT molecular complexity index is 173. The number of nitrogen functional groups attached to an aromatic ring is 1. The SMILES string of the molecule is C1CCC1.Nc1ccccc1. The van der Waals surface area contributed by atoms with Crippen molar-refractivity contribution in [3.63, 3.8) is 0 Å². The van der Waals surface area contributed by atoms with Crippen LogP contribution in [-0.4, -0.2) is 0 Å². The third-order valence-corrected chi connectivity index (χ3v) is 1.80. The summed E-state index contributed by atoms with van der Waals surface area (Å²) in [6.45, 7) is 0. The van der Waals surface area contributed by atoms with Crippen LogP contribution >= 0.6 is 0 Å². The fourth-order valence-electron chi connectivity index (χ4n) is 0.703. The molecule has 1 aromatic rings. The molecule has 0 aromatic heterocycles. The molecule has 60 valence electrons. The smallest absolute Gasteiger partial charge is 0.0313 e. The fourth-order valence-corrected chi connectivity index (χ4v) is 0.703. The molecule has 0 unspecified atom stereocenters. The number of para-hydroxylation sites is 1. The molecule has 1 aromatic carbocycles. The van der Waals surface area contributed by atoms with E-state index in [0.29, 0.717) is 0 Å². The highest BCUT2D eigenvalue weighted by molar-refractivity contribution is 5.35. The molecule has 0 aliphatic heterocycles. The number of nitrogens with two attached hydrogens (primary N) is 1. The summed E-state index contributed by atoms with van der Waals surface area (Å²) in [4.78, 5) is 0. The molecular weight excluding hydrogens is 134 g/mol. The maximum Gasteiger partial charge on any atom is 0.0313 e. The van der Waals surface area contributed by atoms with Gasteiger partial charge in [0.15, 0.2) is 0 Å². The Kier molecular flexibility index (Phi) is 3.53. The van der Waals surface area contributed by atoms with Crippen molar-refractivity contribution in [2.75, 3.05) is 5.73 Å². The molecule has 1 nitrogen and oxygen atoms in total. The van der Waals surface area contributed by atoms with Crippen LogP contribution in [0.4, 0.5) is 5.69 Å². The van der Waals surface area contributed by atoms with Gasteiger partial charge in [-0.15, -0.1) is 0 Å². The maximum absolute atomic E-state index is 5.36. The first-order chi connectivity index (χ1) is 5.39. The van der Waals surface area contributed by atoms with E-state index in [-0.39, 0.29) is 0 Å². The van der Waals surface area contributed by atoms with Crippen LogP contribution in [0.25, 0.3) is 0 Å². The van der Waals surface area contributed by atoms with Crippen molar-refractivity contribution in [3.05, 3.63) is 30.3 Å². The summed E-state index contributed by atoms with van der Waals surface area (Å²) in [5, 5.41) is 0. The van der Waals surface area contributed by atoms with E-state index < -0.39 is 0 Å². The van der Waals surface area contributed by atoms with Crippen LogP contribution in [0.3, 0.4) is 0 Å². The third-order valence-electron chi connectivity index (χ3n) is 1.80. The predicted octanol–water partition coefficient (Wildman–Crippen LogP) is 2.83. The van der Waals surface area contributed by atoms with Crippen LogP contribution in [0, 0.1) is 0 Å². The Morgan fingerprint density at radius 1 is 0.818 bits per heavy atom. The molecule has 1 aliphatic carbocycles. The molecule has 1 heteroatoms. The van der Waals surface area contributed by atoms with Crippen LogP contribution in [0.15, 0.2) is 30.3 Å². The van der Waals surface area contributed by atoms with Crippen LogP contribution in [0.5, 0.6) is 0 Å². The highest BCUT2D eigenvalue weighted by Crippen LogP contribution is 2.15. The highest BCUT2D eigenvalue weighted by Gasteiger charge is 1.95. The third kappa shape index (κ3) is 3.66. The van der Waals surface area contributed by atoms with Gasteiger partial charge in [0, 0.05) is 5.69 Å². The number of hydrogen-bond acceptors (Lipinski definition) is 1. The lowest BCUT2D eigenvalue weighted by Gasteiger charge is -2.05. The van der Waals surface area contributed by atoms with Gasteiger partial charge >= 0.3 is 0 Å². The predicted molar refractivity (Wildman–Crippen MR) is 49.3 cm³/mol. The van der Waals surface area contributed by atoms with Crippen molar-refractivity contribution in [3.8, 4) is 0 Å². The molecule has 11 heavy (non-hydrogen) atoms. The van der Waals surface area contributed by atoms with Crippen molar-refractivity contribution < 1.29 is 0 Å². The Hall–Kier alpha value is -0.980. The molecule has 0 radical (unpaired) electrons. The average Bonchev–Trinajstić information content (AvgIpc) is 1.85. The zero-order valence-corrected chi connectivity index (χ0v) is 6.79. The molecule has 1 fully saturated rings. The molecule has 1 aliphatic rings. The van der Waals surface area contributed by atoms with E-state index in [2.05, 4.69) is 0 Å². The molecule has 2 rings (SSSR count). The van der Waals surface area contributed by atoms with E-state index in [1.165, 1.54) is 25.7 Å². The van der Waals surface area contributed by atoms with Gasteiger partial charge in [0.25, 0.3) is 0 Å². The topological polar surface area (TPSA) is 26.0 Å². The fraction of sp³-hybridized carbons (Fsp3) is 0.400. The Labute approximate surface area is 68.2 Å². The second-order valence-electron chi connectivity index (χ2n) is 2.82. The largest absolute Gasteiger partial charge is 0.399 e. The van der Waals surface area contributed by atoms with Crippen LogP contribution in [0.1, 0.15) is 25.7 Å². The molecule has 0 saturated heterocycles. The zero-order valence-electron chi connectivity index (χ0n) is 6.79. The van der Waals surface area contributed by atoms with Gasteiger partial charge < -0.3 is 5.73 Å². The summed E-state index contributed by atoms with van der Waals surface area (Å²) in [5.74, 6) is 0. The van der Waals surface area contributed by atoms with Gasteiger partial charge in [-0.2, -0.15) is 0 Å². The van der Waals surface area contributed by atoms with Gasteiger partial charge in [-0.05, 0) is 12.1 Å². The Morgan fingerprint density at radius 2 is 1.27 bits per heavy atom. The zero-order chi connectivity index (χ0) is 7.94. The summed E-state index contributed by atoms with van der Waals surface area (Å²) < 4.78 is 0. The number of hydrogen-bond donors (Lipinski definition) is 1. The molecule has 2 N–H and O–H groups in total. The summed E-state index contributed by atoms with van der Waals surface area (Å²) in [6, 6.07) is 9.49. The Balaban J connectivity index is 0.000000128. The van der Waals surface area contributed by atoms with E-state index in [1.807, 2.05) is 30.3 Å². The second kappa shape index (κ2) is 4.78. The number of benzene rings is 1. The lowest BCUT2D eigenvalue weighted by molar-refractivity contribution is 0.504. The van der Waals surface area contributed by atoms with Crippen LogP contribution < -0.4 is 5.73 Å². The van der Waals surface area contributed by atoms with Crippen molar-refractivity contribution in [2.45, 2.75) is 25.7 Å². The molecule has 0 spiro atoms. The first-order valence-corrected chi connectivity index (χ1v) is 4.20. The van der Waals surface area contributed by atoms with E-state index in [1.54, 1.807) is 0 Å². The lowest BCUT2D eigenvalue weighted by atomic mass is 10.0.